The molecule has 1 aliphatic carbocycles. The van der Waals surface area contributed by atoms with Gasteiger partial charge in [0.1, 0.15) is 0 Å². The fourth-order valence-corrected chi connectivity index (χ4v) is 2.73. The first kappa shape index (κ1) is 17.7. The predicted octanol–water partition coefficient (Wildman–Crippen LogP) is 2.67. The van der Waals surface area contributed by atoms with E-state index in [0.29, 0.717) is 13.2 Å². The van der Waals surface area contributed by atoms with E-state index in [0.717, 1.165) is 43.5 Å². The van der Waals surface area contributed by atoms with Crippen LogP contribution in [0, 0.1) is 5.41 Å². The number of carbonyl (C=O) groups is 1. The van der Waals surface area contributed by atoms with Crippen LogP contribution in [0.15, 0.2) is 24.3 Å². The second-order valence-corrected chi connectivity index (χ2v) is 6.03. The van der Waals surface area contributed by atoms with Crippen molar-refractivity contribution in [2.45, 2.75) is 31.5 Å². The van der Waals surface area contributed by atoms with Crippen molar-refractivity contribution in [1.82, 2.24) is 5.32 Å². The summed E-state index contributed by atoms with van der Waals surface area (Å²) in [5.74, 6) is -0.618. The second kappa shape index (κ2) is 6.88. The molecule has 2 rings (SSSR count). The van der Waals surface area contributed by atoms with Crippen LogP contribution in [-0.4, -0.2) is 31.3 Å². The highest BCUT2D eigenvalue weighted by molar-refractivity contribution is 5.81. The number of benzene rings is 1. The van der Waals surface area contributed by atoms with Crippen molar-refractivity contribution in [1.29, 1.82) is 0 Å². The van der Waals surface area contributed by atoms with E-state index in [4.69, 9.17) is 4.74 Å². The highest BCUT2D eigenvalue weighted by atomic mass is 19.4. The Kier molecular flexibility index (Phi) is 5.31. The Morgan fingerprint density at radius 1 is 1.35 bits per heavy atom. The third kappa shape index (κ3) is 4.23. The number of carbonyl (C=O) groups excluding carboxylic acids is 1. The number of amides is 1. The molecule has 1 saturated carbocycles. The number of halogens is 3. The first-order chi connectivity index (χ1) is 10.8. The van der Waals surface area contributed by atoms with Gasteiger partial charge in [-0.2, -0.15) is 13.2 Å². The van der Waals surface area contributed by atoms with Gasteiger partial charge in [-0.05, 0) is 30.5 Å². The van der Waals surface area contributed by atoms with Crippen molar-refractivity contribution >= 4 is 5.91 Å². The number of ether oxygens (including phenoxy) is 1. The van der Waals surface area contributed by atoms with Gasteiger partial charge in [-0.15, -0.1) is 0 Å². The first-order valence-electron chi connectivity index (χ1n) is 7.39. The second-order valence-electron chi connectivity index (χ2n) is 6.03. The molecular weight excluding hydrogens is 311 g/mol. The summed E-state index contributed by atoms with van der Waals surface area (Å²) in [6.45, 7) is 0.918. The van der Waals surface area contributed by atoms with Crippen molar-refractivity contribution < 1.29 is 27.8 Å². The van der Waals surface area contributed by atoms with Gasteiger partial charge in [-0.3, -0.25) is 4.79 Å². The minimum atomic E-state index is -4.44. The summed E-state index contributed by atoms with van der Waals surface area (Å²) in [6.07, 6.45) is -2.98. The molecule has 1 aromatic rings. The highest BCUT2D eigenvalue weighted by Gasteiger charge is 2.37. The molecule has 1 atom stereocenters. The Morgan fingerprint density at radius 2 is 1.96 bits per heavy atom. The zero-order chi connectivity index (χ0) is 17.1. The molecular formula is C16H20F3NO3. The van der Waals surface area contributed by atoms with Crippen LogP contribution >= 0.6 is 0 Å². The molecule has 0 aromatic heterocycles. The Hall–Kier alpha value is -1.60. The maximum atomic E-state index is 12.5. The topological polar surface area (TPSA) is 58.6 Å². The lowest BCUT2D eigenvalue weighted by molar-refractivity contribution is -0.137. The van der Waals surface area contributed by atoms with E-state index in [2.05, 4.69) is 5.32 Å². The van der Waals surface area contributed by atoms with E-state index in [1.807, 2.05) is 0 Å². The van der Waals surface area contributed by atoms with Crippen molar-refractivity contribution in [3.8, 4) is 0 Å². The van der Waals surface area contributed by atoms with E-state index in [9.17, 15) is 23.1 Å². The molecule has 0 spiro atoms. The monoisotopic (exact) mass is 331 g/mol. The lowest BCUT2D eigenvalue weighted by Crippen LogP contribution is -2.46. The first-order valence-corrected chi connectivity index (χ1v) is 7.39. The molecule has 128 valence electrons. The van der Waals surface area contributed by atoms with Gasteiger partial charge in [0.25, 0.3) is 5.91 Å². The van der Waals surface area contributed by atoms with Crippen LogP contribution in [0.25, 0.3) is 0 Å². The van der Waals surface area contributed by atoms with Gasteiger partial charge in [0.15, 0.2) is 6.10 Å². The van der Waals surface area contributed by atoms with Crippen LogP contribution in [0.4, 0.5) is 13.2 Å². The number of aliphatic hydroxyl groups excluding tert-OH is 1. The number of methoxy groups -OCH3 is 1. The summed E-state index contributed by atoms with van der Waals surface area (Å²) in [6, 6.07) is 3.93. The molecule has 4 nitrogen and oxygen atoms in total. The largest absolute Gasteiger partial charge is 0.416 e. The number of rotatable bonds is 6. The van der Waals surface area contributed by atoms with E-state index in [-0.39, 0.29) is 11.0 Å². The van der Waals surface area contributed by atoms with Crippen molar-refractivity contribution in [2.75, 3.05) is 20.3 Å². The Bertz CT molecular complexity index is 538. The molecule has 7 heteroatoms. The highest BCUT2D eigenvalue weighted by Crippen LogP contribution is 2.40. The minimum absolute atomic E-state index is 0.0930. The van der Waals surface area contributed by atoms with E-state index >= 15 is 0 Å². The maximum Gasteiger partial charge on any atom is 0.416 e. The van der Waals surface area contributed by atoms with Gasteiger partial charge < -0.3 is 15.2 Å². The summed E-state index contributed by atoms with van der Waals surface area (Å²) >= 11 is 0. The molecule has 1 aromatic carbocycles. The van der Waals surface area contributed by atoms with E-state index in [1.165, 1.54) is 0 Å². The van der Waals surface area contributed by atoms with Crippen LogP contribution in [0.2, 0.25) is 0 Å². The minimum Gasteiger partial charge on any atom is -0.384 e. The van der Waals surface area contributed by atoms with Crippen LogP contribution in [0.1, 0.15) is 36.5 Å². The molecule has 0 aliphatic heterocycles. The maximum absolute atomic E-state index is 12.5. The third-order valence-electron chi connectivity index (χ3n) is 4.30. The molecule has 2 N–H and O–H groups in total. The van der Waals surface area contributed by atoms with Gasteiger partial charge in [0, 0.05) is 19.1 Å². The van der Waals surface area contributed by atoms with Crippen LogP contribution in [-0.2, 0) is 15.7 Å². The molecule has 0 bridgehead atoms. The number of aliphatic hydroxyl groups is 1. The molecule has 1 aliphatic rings. The zero-order valence-electron chi connectivity index (χ0n) is 12.8. The Balaban J connectivity index is 1.94. The van der Waals surface area contributed by atoms with Gasteiger partial charge >= 0.3 is 6.18 Å². The Morgan fingerprint density at radius 3 is 2.39 bits per heavy atom. The van der Waals surface area contributed by atoms with E-state index in [1.54, 1.807) is 7.11 Å². The quantitative estimate of drug-likeness (QED) is 0.843. The number of hydrogen-bond acceptors (Lipinski definition) is 3. The molecule has 0 heterocycles. The summed E-state index contributed by atoms with van der Waals surface area (Å²) in [5.41, 5.74) is -0.781. The van der Waals surface area contributed by atoms with Gasteiger partial charge in [-0.1, -0.05) is 18.6 Å². The fraction of sp³-hybridized carbons (Fsp3) is 0.562. The number of nitrogens with one attached hydrogen (secondary N) is 1. The van der Waals surface area contributed by atoms with Crippen molar-refractivity contribution in [3.63, 3.8) is 0 Å². The molecule has 0 saturated heterocycles. The smallest absolute Gasteiger partial charge is 0.384 e. The predicted molar refractivity (Wildman–Crippen MR) is 77.6 cm³/mol. The molecule has 23 heavy (non-hydrogen) atoms. The molecule has 0 unspecified atom stereocenters. The van der Waals surface area contributed by atoms with Crippen molar-refractivity contribution in [2.24, 2.45) is 5.41 Å². The lowest BCUT2D eigenvalue weighted by Gasteiger charge is -2.41. The van der Waals surface area contributed by atoms with Crippen molar-refractivity contribution in [3.05, 3.63) is 35.4 Å². The summed E-state index contributed by atoms with van der Waals surface area (Å²) in [7, 11) is 1.60. The SMILES string of the molecule is COCC1(CNC(=O)[C@H](O)c2ccc(C(F)(F)F)cc2)CCC1. The van der Waals surface area contributed by atoms with Gasteiger partial charge in [0.05, 0.1) is 12.2 Å². The van der Waals surface area contributed by atoms with Gasteiger partial charge in [-0.25, -0.2) is 0 Å². The molecule has 0 radical (unpaired) electrons. The average molecular weight is 331 g/mol. The lowest BCUT2D eigenvalue weighted by atomic mass is 9.69. The fourth-order valence-electron chi connectivity index (χ4n) is 2.73. The standard InChI is InChI=1S/C16H20F3NO3/c1-23-10-15(7-2-8-15)9-20-14(22)13(21)11-3-5-12(6-4-11)16(17,18)19/h3-6,13,21H,2,7-10H2,1H3,(H,20,22)/t13-/m1/s1. The van der Waals surface area contributed by atoms with Gasteiger partial charge in [0.2, 0.25) is 0 Å². The molecule has 1 amide bonds. The van der Waals surface area contributed by atoms with Crippen LogP contribution in [0.5, 0.6) is 0 Å². The number of hydrogen-bond donors (Lipinski definition) is 2. The molecule has 1 fully saturated rings. The normalized spacial score (nSPS) is 18.1. The van der Waals surface area contributed by atoms with Crippen LogP contribution in [0.3, 0.4) is 0 Å². The third-order valence-corrected chi connectivity index (χ3v) is 4.30. The summed E-state index contributed by atoms with van der Waals surface area (Å²) in [4.78, 5) is 12.0. The average Bonchev–Trinajstić information content (AvgIpc) is 2.48. The number of alkyl halides is 3. The Labute approximate surface area is 132 Å². The van der Waals surface area contributed by atoms with Crippen LogP contribution < -0.4 is 5.32 Å². The summed E-state index contributed by atoms with van der Waals surface area (Å²) < 4.78 is 42.6. The zero-order valence-corrected chi connectivity index (χ0v) is 12.8. The van der Waals surface area contributed by atoms with E-state index < -0.39 is 23.8 Å². The summed E-state index contributed by atoms with van der Waals surface area (Å²) in [5, 5.41) is 12.6.